The lowest BCUT2D eigenvalue weighted by molar-refractivity contribution is -0.117. The number of hydrogen-bond acceptors (Lipinski definition) is 9. The number of aromatic nitrogens is 3. The van der Waals surface area contributed by atoms with Gasteiger partial charge in [0, 0.05) is 43.9 Å². The molecule has 2 aliphatic heterocycles. The highest BCUT2D eigenvalue weighted by molar-refractivity contribution is 7.99. The molecule has 1 saturated heterocycles. The van der Waals surface area contributed by atoms with Crippen LogP contribution in [0.15, 0.2) is 81.3 Å². The maximum Gasteiger partial charge on any atom is 0.234 e. The molecule has 1 fully saturated rings. The largest absolute Gasteiger partial charge is 0.338 e. The standard InChI is InChI=1S/C28H31N7OS/c1-20-16-25(29-19-20)30-26-31-27(35-14-12-34(2)13-15-35)33-28(32-26)37-24-10-8-22(9-11-24)18-23(36)17-21-6-4-3-5-7-21/h3-11,16H,12-15,17-19H2,1-2H3,(H,29,30,31,32,33). The highest BCUT2D eigenvalue weighted by Gasteiger charge is 2.20. The molecule has 0 aliphatic carbocycles. The fraction of sp³-hybridized carbons (Fsp3) is 0.321. The van der Waals surface area contributed by atoms with Gasteiger partial charge in [0.2, 0.25) is 11.9 Å². The lowest BCUT2D eigenvalue weighted by atomic mass is 10.0. The SMILES string of the molecule is CC1=CC(Nc2nc(Sc3ccc(CC(=O)Cc4ccccc4)cc3)nc(N3CCN(C)CC3)n2)=NC1. The number of nitrogens with one attached hydrogen (secondary N) is 1. The summed E-state index contributed by atoms with van der Waals surface area (Å²) >= 11 is 1.49. The summed E-state index contributed by atoms with van der Waals surface area (Å²) in [6, 6.07) is 17.9. The molecule has 1 N–H and O–H groups in total. The quantitative estimate of drug-likeness (QED) is 0.485. The van der Waals surface area contributed by atoms with Gasteiger partial charge in [-0.05, 0) is 60.6 Å². The van der Waals surface area contributed by atoms with Crippen LogP contribution in [-0.4, -0.2) is 71.2 Å². The Bertz CT molecular complexity index is 1300. The Morgan fingerprint density at radius 1 is 0.919 bits per heavy atom. The zero-order chi connectivity index (χ0) is 25.6. The number of anilines is 2. The lowest BCUT2D eigenvalue weighted by Gasteiger charge is -2.32. The van der Waals surface area contributed by atoms with E-state index in [0.29, 0.717) is 36.4 Å². The van der Waals surface area contributed by atoms with Gasteiger partial charge in [-0.1, -0.05) is 42.5 Å². The van der Waals surface area contributed by atoms with E-state index in [1.807, 2.05) is 60.7 Å². The first kappa shape index (κ1) is 25.1. The summed E-state index contributed by atoms with van der Waals surface area (Å²) < 4.78 is 0. The molecule has 0 atom stereocenters. The van der Waals surface area contributed by atoms with E-state index in [1.165, 1.54) is 17.3 Å². The first-order valence-electron chi connectivity index (χ1n) is 12.5. The molecule has 8 nitrogen and oxygen atoms in total. The van der Waals surface area contributed by atoms with Crippen molar-refractivity contribution in [3.05, 3.63) is 77.4 Å². The lowest BCUT2D eigenvalue weighted by Crippen LogP contribution is -2.45. The predicted molar refractivity (Wildman–Crippen MR) is 149 cm³/mol. The van der Waals surface area contributed by atoms with Crippen molar-refractivity contribution in [2.45, 2.75) is 29.8 Å². The summed E-state index contributed by atoms with van der Waals surface area (Å²) in [6.45, 7) is 6.43. The van der Waals surface area contributed by atoms with E-state index < -0.39 is 0 Å². The van der Waals surface area contributed by atoms with E-state index in [0.717, 1.165) is 48.0 Å². The molecule has 1 aromatic heterocycles. The molecule has 0 amide bonds. The van der Waals surface area contributed by atoms with Crippen molar-refractivity contribution in [1.82, 2.24) is 19.9 Å². The third-order valence-electron chi connectivity index (χ3n) is 6.29. The van der Waals surface area contributed by atoms with Crippen molar-refractivity contribution in [2.75, 3.05) is 50.0 Å². The molecule has 0 unspecified atom stereocenters. The van der Waals surface area contributed by atoms with Gasteiger partial charge in [0.25, 0.3) is 0 Å². The Morgan fingerprint density at radius 2 is 1.62 bits per heavy atom. The zero-order valence-electron chi connectivity index (χ0n) is 21.2. The molecule has 9 heteroatoms. The Hall–Kier alpha value is -3.56. The number of hydrogen-bond donors (Lipinski definition) is 1. The van der Waals surface area contributed by atoms with Crippen molar-refractivity contribution in [2.24, 2.45) is 4.99 Å². The van der Waals surface area contributed by atoms with Crippen molar-refractivity contribution in [3.8, 4) is 0 Å². The normalized spacial score (nSPS) is 15.9. The van der Waals surface area contributed by atoms with Gasteiger partial charge in [0.15, 0.2) is 5.16 Å². The van der Waals surface area contributed by atoms with Crippen molar-refractivity contribution in [1.29, 1.82) is 0 Å². The van der Waals surface area contributed by atoms with E-state index in [4.69, 9.17) is 9.97 Å². The molecule has 190 valence electrons. The number of nitrogens with zero attached hydrogens (tertiary/aromatic N) is 6. The minimum absolute atomic E-state index is 0.204. The molecule has 0 radical (unpaired) electrons. The minimum atomic E-state index is 0.204. The Morgan fingerprint density at radius 3 is 2.30 bits per heavy atom. The van der Waals surface area contributed by atoms with Crippen molar-refractivity contribution >= 4 is 35.3 Å². The molecule has 5 rings (SSSR count). The molecule has 0 bridgehead atoms. The van der Waals surface area contributed by atoms with Gasteiger partial charge in [0.1, 0.15) is 11.6 Å². The van der Waals surface area contributed by atoms with Crippen LogP contribution in [-0.2, 0) is 17.6 Å². The van der Waals surface area contributed by atoms with Gasteiger partial charge in [-0.2, -0.15) is 15.0 Å². The fourth-order valence-corrected chi connectivity index (χ4v) is 4.96. The predicted octanol–water partition coefficient (Wildman–Crippen LogP) is 3.90. The summed E-state index contributed by atoms with van der Waals surface area (Å²) in [5.41, 5.74) is 3.25. The van der Waals surface area contributed by atoms with Crippen LogP contribution in [0.4, 0.5) is 11.9 Å². The summed E-state index contributed by atoms with van der Waals surface area (Å²) in [5.74, 6) is 2.15. The number of carbonyl (C=O) groups excluding carboxylic acids is 1. The van der Waals surface area contributed by atoms with Crippen LogP contribution in [0.1, 0.15) is 18.1 Å². The summed E-state index contributed by atoms with van der Waals surface area (Å²) in [5, 5.41) is 3.88. The maximum absolute atomic E-state index is 12.5. The van der Waals surface area contributed by atoms with Crippen LogP contribution in [0.3, 0.4) is 0 Å². The van der Waals surface area contributed by atoms with Crippen LogP contribution in [0.2, 0.25) is 0 Å². The summed E-state index contributed by atoms with van der Waals surface area (Å²) in [4.78, 5) is 36.7. The highest BCUT2D eigenvalue weighted by atomic mass is 32.2. The van der Waals surface area contributed by atoms with Gasteiger partial charge < -0.3 is 15.1 Å². The van der Waals surface area contributed by atoms with Crippen molar-refractivity contribution in [3.63, 3.8) is 0 Å². The van der Waals surface area contributed by atoms with Crippen LogP contribution in [0.25, 0.3) is 0 Å². The summed E-state index contributed by atoms with van der Waals surface area (Å²) in [7, 11) is 2.13. The highest BCUT2D eigenvalue weighted by Crippen LogP contribution is 2.27. The Labute approximate surface area is 221 Å². The molecular weight excluding hydrogens is 482 g/mol. The van der Waals surface area contributed by atoms with E-state index >= 15 is 0 Å². The Kier molecular flexibility index (Phi) is 7.91. The zero-order valence-corrected chi connectivity index (χ0v) is 22.0. The van der Waals surface area contributed by atoms with Gasteiger partial charge in [-0.25, -0.2) is 0 Å². The van der Waals surface area contributed by atoms with E-state index in [-0.39, 0.29) is 5.78 Å². The van der Waals surface area contributed by atoms with Crippen LogP contribution < -0.4 is 10.2 Å². The number of ketones is 1. The number of carbonyl (C=O) groups is 1. The number of benzene rings is 2. The third-order valence-corrected chi connectivity index (χ3v) is 7.16. The van der Waals surface area contributed by atoms with E-state index in [1.54, 1.807) is 0 Å². The van der Waals surface area contributed by atoms with Crippen LogP contribution in [0.5, 0.6) is 0 Å². The van der Waals surface area contributed by atoms with Gasteiger partial charge in [-0.15, -0.1) is 0 Å². The van der Waals surface area contributed by atoms with Gasteiger partial charge in [-0.3, -0.25) is 9.79 Å². The fourth-order valence-electron chi connectivity index (χ4n) is 4.21. The smallest absolute Gasteiger partial charge is 0.234 e. The first-order chi connectivity index (χ1) is 18.0. The van der Waals surface area contributed by atoms with Crippen molar-refractivity contribution < 1.29 is 4.79 Å². The topological polar surface area (TPSA) is 86.6 Å². The van der Waals surface area contributed by atoms with Gasteiger partial charge >= 0.3 is 0 Å². The van der Waals surface area contributed by atoms with E-state index in [2.05, 4.69) is 39.1 Å². The number of rotatable bonds is 8. The first-order valence-corrected chi connectivity index (χ1v) is 13.3. The second-order valence-electron chi connectivity index (χ2n) is 9.47. The molecular formula is C28H31N7OS. The monoisotopic (exact) mass is 513 g/mol. The average molecular weight is 514 g/mol. The van der Waals surface area contributed by atoms with Gasteiger partial charge in [0.05, 0.1) is 6.54 Å². The molecule has 3 heterocycles. The number of amidine groups is 1. The molecule has 2 aliphatic rings. The van der Waals surface area contributed by atoms with E-state index in [9.17, 15) is 4.79 Å². The molecule has 2 aromatic carbocycles. The number of aliphatic imine (C=N–C) groups is 1. The summed E-state index contributed by atoms with van der Waals surface area (Å²) in [6.07, 6.45) is 2.89. The van der Waals surface area contributed by atoms with Crippen LogP contribution in [0, 0.1) is 0 Å². The molecule has 0 spiro atoms. The minimum Gasteiger partial charge on any atom is -0.338 e. The third kappa shape index (κ3) is 7.02. The second kappa shape index (κ2) is 11.7. The Balaban J connectivity index is 1.29. The molecule has 37 heavy (non-hydrogen) atoms. The molecule has 0 saturated carbocycles. The second-order valence-corrected chi connectivity index (χ2v) is 10.5. The number of likely N-dealkylation sites (N-methyl/N-ethyl adjacent to an activating group) is 1. The van der Waals surface area contributed by atoms with Crippen LogP contribution >= 0.6 is 11.8 Å². The maximum atomic E-state index is 12.5. The number of Topliss-reactive ketones (excluding diaryl/α,β-unsaturated/α-hetero) is 1. The number of piperazine rings is 1. The molecule has 3 aromatic rings. The average Bonchev–Trinajstić information content (AvgIpc) is 3.30.